The van der Waals surface area contributed by atoms with Gasteiger partial charge in [0.05, 0.1) is 0 Å². The lowest BCUT2D eigenvalue weighted by Crippen LogP contribution is -2.42. The van der Waals surface area contributed by atoms with Crippen LogP contribution in [0.3, 0.4) is 0 Å². The van der Waals surface area contributed by atoms with Gasteiger partial charge in [-0.15, -0.1) is 6.58 Å². The third-order valence-corrected chi connectivity index (χ3v) is 2.60. The van der Waals surface area contributed by atoms with Crippen molar-refractivity contribution in [2.75, 3.05) is 11.4 Å². The fourth-order valence-electron chi connectivity index (χ4n) is 1.73. The molecule has 0 saturated carbocycles. The Kier molecular flexibility index (Phi) is 4.87. The number of hydrogen-bond acceptors (Lipinski definition) is 3. The van der Waals surface area contributed by atoms with Crippen LogP contribution in [0.5, 0.6) is 0 Å². The van der Waals surface area contributed by atoms with Crippen LogP contribution in [-0.2, 0) is 4.79 Å². The van der Waals surface area contributed by atoms with E-state index in [1.807, 2.05) is 12.1 Å². The van der Waals surface area contributed by atoms with Crippen molar-refractivity contribution in [1.29, 1.82) is 0 Å². The zero-order valence-corrected chi connectivity index (χ0v) is 11.6. The van der Waals surface area contributed by atoms with Crippen LogP contribution >= 0.6 is 0 Å². The second-order valence-corrected chi connectivity index (χ2v) is 5.16. The average Bonchev–Trinajstić information content (AvgIpc) is 2.32. The maximum Gasteiger partial charge on any atom is 0.328 e. The van der Waals surface area contributed by atoms with Gasteiger partial charge in [-0.25, -0.2) is 9.78 Å². The molecule has 0 bridgehead atoms. The van der Waals surface area contributed by atoms with Crippen molar-refractivity contribution in [1.82, 2.24) is 4.98 Å². The Labute approximate surface area is 114 Å². The van der Waals surface area contributed by atoms with Crippen LogP contribution in [0.15, 0.2) is 37.1 Å². The number of pyridine rings is 1. The van der Waals surface area contributed by atoms with Crippen LogP contribution in [0.2, 0.25) is 0 Å². The minimum atomic E-state index is -0.971. The second-order valence-electron chi connectivity index (χ2n) is 5.16. The molecule has 1 rings (SSSR count). The highest BCUT2D eigenvalue weighted by Gasteiger charge is 2.23. The molecule has 1 aromatic heterocycles. The normalized spacial score (nSPS) is 11.5. The van der Waals surface area contributed by atoms with Gasteiger partial charge in [0.1, 0.15) is 5.82 Å². The molecular formula is C15H20N2O2. The van der Waals surface area contributed by atoms with Gasteiger partial charge in [0, 0.05) is 29.9 Å². The summed E-state index contributed by atoms with van der Waals surface area (Å²) >= 11 is 0. The van der Waals surface area contributed by atoms with Crippen LogP contribution in [-0.4, -0.2) is 28.1 Å². The van der Waals surface area contributed by atoms with Crippen LogP contribution in [0.25, 0.3) is 6.08 Å². The van der Waals surface area contributed by atoms with Crippen molar-refractivity contribution in [3.8, 4) is 0 Å². The largest absolute Gasteiger partial charge is 0.478 e. The molecule has 1 heterocycles. The maximum atomic E-state index is 10.6. The molecule has 0 spiro atoms. The van der Waals surface area contributed by atoms with Gasteiger partial charge in [0.25, 0.3) is 0 Å². The summed E-state index contributed by atoms with van der Waals surface area (Å²) in [6.07, 6.45) is 6.20. The van der Waals surface area contributed by atoms with Gasteiger partial charge in [-0.3, -0.25) is 0 Å². The molecule has 0 fully saturated rings. The Morgan fingerprint density at radius 2 is 2.21 bits per heavy atom. The van der Waals surface area contributed by atoms with Gasteiger partial charge < -0.3 is 10.0 Å². The second kappa shape index (κ2) is 6.18. The van der Waals surface area contributed by atoms with Gasteiger partial charge in [0.15, 0.2) is 0 Å². The zero-order valence-electron chi connectivity index (χ0n) is 11.6. The van der Waals surface area contributed by atoms with E-state index in [1.54, 1.807) is 18.3 Å². The standard InChI is InChI=1S/C15H20N2O2/c1-5-11-17(15(2,3)4)14-12(7-6-10-16-14)8-9-13(18)19/h5-10H,1,11H2,2-4H3,(H,18,19)/b9-8+. The monoisotopic (exact) mass is 260 g/mol. The molecule has 1 aromatic rings. The predicted octanol–water partition coefficient (Wildman–Crippen LogP) is 2.97. The molecule has 0 unspecified atom stereocenters. The Morgan fingerprint density at radius 1 is 1.53 bits per heavy atom. The molecule has 4 heteroatoms. The molecule has 0 saturated heterocycles. The highest BCUT2D eigenvalue weighted by atomic mass is 16.4. The lowest BCUT2D eigenvalue weighted by molar-refractivity contribution is -0.131. The quantitative estimate of drug-likeness (QED) is 0.653. The smallest absolute Gasteiger partial charge is 0.328 e. The third-order valence-electron chi connectivity index (χ3n) is 2.60. The molecule has 1 N–H and O–H groups in total. The third kappa shape index (κ3) is 4.25. The number of hydrogen-bond donors (Lipinski definition) is 1. The summed E-state index contributed by atoms with van der Waals surface area (Å²) in [4.78, 5) is 17.1. The van der Waals surface area contributed by atoms with Gasteiger partial charge in [-0.05, 0) is 39.0 Å². The number of nitrogens with zero attached hydrogens (tertiary/aromatic N) is 2. The van der Waals surface area contributed by atoms with Crippen molar-refractivity contribution in [2.45, 2.75) is 26.3 Å². The minimum absolute atomic E-state index is 0.131. The topological polar surface area (TPSA) is 53.4 Å². The molecule has 0 radical (unpaired) electrons. The number of carboxylic acids is 1. The zero-order chi connectivity index (χ0) is 14.5. The summed E-state index contributed by atoms with van der Waals surface area (Å²) in [6.45, 7) is 10.6. The summed E-state index contributed by atoms with van der Waals surface area (Å²) < 4.78 is 0. The number of carboxylic acid groups (broad SMARTS) is 1. The van der Waals surface area contributed by atoms with Crippen LogP contribution in [0.4, 0.5) is 5.82 Å². The van der Waals surface area contributed by atoms with E-state index in [0.29, 0.717) is 6.54 Å². The summed E-state index contributed by atoms with van der Waals surface area (Å²) in [6, 6.07) is 3.64. The molecule has 19 heavy (non-hydrogen) atoms. The number of rotatable bonds is 5. The summed E-state index contributed by atoms with van der Waals surface area (Å²) in [5, 5.41) is 8.73. The molecule has 102 valence electrons. The fraction of sp³-hybridized carbons (Fsp3) is 0.333. The van der Waals surface area contributed by atoms with E-state index in [-0.39, 0.29) is 5.54 Å². The predicted molar refractivity (Wildman–Crippen MR) is 78.2 cm³/mol. The molecule has 0 aliphatic heterocycles. The van der Waals surface area contributed by atoms with E-state index in [2.05, 4.69) is 37.2 Å². The van der Waals surface area contributed by atoms with E-state index in [9.17, 15) is 4.79 Å². The van der Waals surface area contributed by atoms with Crippen LogP contribution in [0.1, 0.15) is 26.3 Å². The van der Waals surface area contributed by atoms with Crippen LogP contribution in [0, 0.1) is 0 Å². The summed E-state index contributed by atoms with van der Waals surface area (Å²) in [5.74, 6) is -0.215. The molecule has 0 aromatic carbocycles. The minimum Gasteiger partial charge on any atom is -0.478 e. The molecular weight excluding hydrogens is 240 g/mol. The Balaban J connectivity index is 3.23. The Hall–Kier alpha value is -2.10. The summed E-state index contributed by atoms with van der Waals surface area (Å²) in [7, 11) is 0. The lowest BCUT2D eigenvalue weighted by Gasteiger charge is -2.36. The number of aliphatic carboxylic acids is 1. The molecule has 0 atom stereocenters. The van der Waals surface area contributed by atoms with Gasteiger partial charge in [-0.2, -0.15) is 0 Å². The first-order valence-electron chi connectivity index (χ1n) is 6.11. The van der Waals surface area contributed by atoms with Crippen LogP contribution < -0.4 is 4.90 Å². The van der Waals surface area contributed by atoms with Gasteiger partial charge in [0.2, 0.25) is 0 Å². The first kappa shape index (κ1) is 15.0. The molecule has 0 amide bonds. The molecule has 0 aliphatic carbocycles. The Bertz CT molecular complexity index is 487. The van der Waals surface area contributed by atoms with E-state index < -0.39 is 5.97 Å². The number of aromatic nitrogens is 1. The average molecular weight is 260 g/mol. The van der Waals surface area contributed by atoms with E-state index >= 15 is 0 Å². The highest BCUT2D eigenvalue weighted by Crippen LogP contribution is 2.25. The maximum absolute atomic E-state index is 10.6. The fourth-order valence-corrected chi connectivity index (χ4v) is 1.73. The van der Waals surface area contributed by atoms with E-state index in [0.717, 1.165) is 17.5 Å². The van der Waals surface area contributed by atoms with E-state index in [1.165, 1.54) is 0 Å². The van der Waals surface area contributed by atoms with Gasteiger partial charge in [-0.1, -0.05) is 6.08 Å². The molecule has 0 aliphatic rings. The summed E-state index contributed by atoms with van der Waals surface area (Å²) in [5.41, 5.74) is 0.649. The van der Waals surface area contributed by atoms with Crippen molar-refractivity contribution in [3.63, 3.8) is 0 Å². The van der Waals surface area contributed by atoms with Crippen molar-refractivity contribution in [3.05, 3.63) is 42.6 Å². The van der Waals surface area contributed by atoms with Crippen molar-refractivity contribution in [2.24, 2.45) is 0 Å². The molecule has 4 nitrogen and oxygen atoms in total. The van der Waals surface area contributed by atoms with Gasteiger partial charge >= 0.3 is 5.97 Å². The number of anilines is 1. The van der Waals surface area contributed by atoms with Crippen molar-refractivity contribution >= 4 is 17.9 Å². The van der Waals surface area contributed by atoms with E-state index in [4.69, 9.17) is 5.11 Å². The first-order valence-corrected chi connectivity index (χ1v) is 6.11. The Morgan fingerprint density at radius 3 is 2.74 bits per heavy atom. The lowest BCUT2D eigenvalue weighted by atomic mass is 10.0. The van der Waals surface area contributed by atoms with Crippen molar-refractivity contribution < 1.29 is 9.90 Å². The highest BCUT2D eigenvalue weighted by molar-refractivity contribution is 5.86. The first-order chi connectivity index (χ1) is 8.86. The SMILES string of the molecule is C=CCN(c1ncccc1/C=C/C(=O)O)C(C)(C)C. The number of carbonyl (C=O) groups is 1.